The third kappa shape index (κ3) is 4.67. The van der Waals surface area contributed by atoms with Crippen LogP contribution in [0.3, 0.4) is 0 Å². The molecule has 0 spiro atoms. The number of benzene rings is 1. The average Bonchev–Trinajstić information content (AvgIpc) is 3.03. The van der Waals surface area contributed by atoms with Gasteiger partial charge in [-0.05, 0) is 23.8 Å². The SMILES string of the molecule is COCc1ccc(C(=O)N(C)C(=O)Nc2ccccc2CC(=O)O)o1. The van der Waals surface area contributed by atoms with Gasteiger partial charge in [-0.1, -0.05) is 18.2 Å². The van der Waals surface area contributed by atoms with Crippen LogP contribution >= 0.6 is 0 Å². The summed E-state index contributed by atoms with van der Waals surface area (Å²) in [6.45, 7) is 0.214. The van der Waals surface area contributed by atoms with E-state index >= 15 is 0 Å². The second-order valence-electron chi connectivity index (χ2n) is 5.22. The van der Waals surface area contributed by atoms with Crippen LogP contribution in [-0.2, 0) is 22.6 Å². The fourth-order valence-electron chi connectivity index (χ4n) is 2.13. The molecule has 1 aromatic carbocycles. The summed E-state index contributed by atoms with van der Waals surface area (Å²) in [6, 6.07) is 8.83. The molecule has 2 N–H and O–H groups in total. The van der Waals surface area contributed by atoms with Gasteiger partial charge in [-0.15, -0.1) is 0 Å². The second-order valence-corrected chi connectivity index (χ2v) is 5.22. The molecule has 0 saturated heterocycles. The standard InChI is InChI=1S/C17H18N2O6/c1-19(16(22)14-8-7-12(25-14)10-24-2)17(23)18-13-6-4-3-5-11(13)9-15(20)21/h3-8H,9-10H2,1-2H3,(H,18,23)(H,20,21). The summed E-state index contributed by atoms with van der Waals surface area (Å²) in [6.07, 6.45) is -0.243. The van der Waals surface area contributed by atoms with E-state index < -0.39 is 17.9 Å². The van der Waals surface area contributed by atoms with Gasteiger partial charge in [0.1, 0.15) is 12.4 Å². The van der Waals surface area contributed by atoms with E-state index in [2.05, 4.69) is 5.32 Å². The van der Waals surface area contributed by atoms with Crippen LogP contribution in [0.1, 0.15) is 21.9 Å². The highest BCUT2D eigenvalue weighted by Gasteiger charge is 2.22. The molecule has 0 unspecified atom stereocenters. The zero-order chi connectivity index (χ0) is 18.4. The highest BCUT2D eigenvalue weighted by atomic mass is 16.5. The Balaban J connectivity index is 2.09. The number of imide groups is 1. The van der Waals surface area contributed by atoms with Crippen LogP contribution in [0.4, 0.5) is 10.5 Å². The zero-order valence-electron chi connectivity index (χ0n) is 13.8. The van der Waals surface area contributed by atoms with Crippen molar-refractivity contribution in [1.82, 2.24) is 4.90 Å². The molecule has 0 saturated carbocycles. The van der Waals surface area contributed by atoms with Gasteiger partial charge in [0.15, 0.2) is 5.76 Å². The fourth-order valence-corrected chi connectivity index (χ4v) is 2.13. The summed E-state index contributed by atoms with van der Waals surface area (Å²) in [4.78, 5) is 36.3. The Morgan fingerprint density at radius 3 is 2.60 bits per heavy atom. The number of para-hydroxylation sites is 1. The van der Waals surface area contributed by atoms with Crippen molar-refractivity contribution in [3.8, 4) is 0 Å². The van der Waals surface area contributed by atoms with E-state index in [9.17, 15) is 14.4 Å². The van der Waals surface area contributed by atoms with Crippen molar-refractivity contribution in [3.63, 3.8) is 0 Å². The van der Waals surface area contributed by atoms with Crippen molar-refractivity contribution in [2.24, 2.45) is 0 Å². The van der Waals surface area contributed by atoms with Crippen molar-refractivity contribution in [1.29, 1.82) is 0 Å². The summed E-state index contributed by atoms with van der Waals surface area (Å²) < 4.78 is 10.2. The maximum atomic E-state index is 12.3. The van der Waals surface area contributed by atoms with E-state index in [-0.39, 0.29) is 18.8 Å². The Kier molecular flexibility index (Phi) is 5.91. The highest BCUT2D eigenvalue weighted by molar-refractivity contribution is 6.06. The van der Waals surface area contributed by atoms with Crippen LogP contribution in [0.5, 0.6) is 0 Å². The third-order valence-corrected chi connectivity index (χ3v) is 3.37. The smallest absolute Gasteiger partial charge is 0.328 e. The van der Waals surface area contributed by atoms with Crippen molar-refractivity contribution < 1.29 is 28.6 Å². The minimum atomic E-state index is -1.02. The Morgan fingerprint density at radius 2 is 1.92 bits per heavy atom. The lowest BCUT2D eigenvalue weighted by Crippen LogP contribution is -2.36. The number of carbonyl (C=O) groups excluding carboxylic acids is 2. The number of carbonyl (C=O) groups is 3. The first-order valence-corrected chi connectivity index (χ1v) is 7.38. The van der Waals surface area contributed by atoms with Crippen LogP contribution in [0.25, 0.3) is 0 Å². The lowest BCUT2D eigenvalue weighted by atomic mass is 10.1. The van der Waals surface area contributed by atoms with Gasteiger partial charge < -0.3 is 19.6 Å². The molecule has 3 amide bonds. The molecule has 2 rings (SSSR count). The van der Waals surface area contributed by atoms with Crippen LogP contribution in [0.2, 0.25) is 0 Å². The summed E-state index contributed by atoms with van der Waals surface area (Å²) in [5.41, 5.74) is 0.763. The van der Waals surface area contributed by atoms with Crippen molar-refractivity contribution in [2.75, 3.05) is 19.5 Å². The third-order valence-electron chi connectivity index (χ3n) is 3.37. The molecule has 0 aliphatic rings. The normalized spacial score (nSPS) is 10.3. The van der Waals surface area contributed by atoms with E-state index in [1.165, 1.54) is 20.2 Å². The molecule has 8 nitrogen and oxygen atoms in total. The fraction of sp³-hybridized carbons (Fsp3) is 0.235. The number of aliphatic carboxylic acids is 1. The number of ether oxygens (including phenoxy) is 1. The number of hydrogen-bond acceptors (Lipinski definition) is 5. The molecular weight excluding hydrogens is 328 g/mol. The van der Waals surface area contributed by atoms with Gasteiger partial charge in [0, 0.05) is 19.8 Å². The van der Waals surface area contributed by atoms with Gasteiger partial charge in [-0.2, -0.15) is 0 Å². The number of carboxylic acid groups (broad SMARTS) is 1. The van der Waals surface area contributed by atoms with Gasteiger partial charge in [-0.25, -0.2) is 4.79 Å². The molecule has 0 aliphatic heterocycles. The molecule has 0 fully saturated rings. The first-order chi connectivity index (χ1) is 11.9. The Labute approximate surface area is 144 Å². The zero-order valence-corrected chi connectivity index (χ0v) is 13.8. The molecular formula is C17H18N2O6. The molecule has 1 aromatic heterocycles. The molecule has 132 valence electrons. The number of amides is 3. The van der Waals surface area contributed by atoms with E-state index in [0.717, 1.165) is 4.90 Å². The number of rotatable bonds is 6. The van der Waals surface area contributed by atoms with Gasteiger partial charge in [-0.3, -0.25) is 14.5 Å². The minimum absolute atomic E-state index is 0.00326. The molecule has 1 heterocycles. The first kappa shape index (κ1) is 18.2. The van der Waals surface area contributed by atoms with E-state index in [0.29, 0.717) is 17.0 Å². The number of nitrogens with zero attached hydrogens (tertiary/aromatic N) is 1. The summed E-state index contributed by atoms with van der Waals surface area (Å²) in [5.74, 6) is -1.18. The molecule has 25 heavy (non-hydrogen) atoms. The van der Waals surface area contributed by atoms with Crippen LogP contribution in [0.15, 0.2) is 40.8 Å². The molecule has 8 heteroatoms. The summed E-state index contributed by atoms with van der Waals surface area (Å²) in [7, 11) is 2.80. The quantitative estimate of drug-likeness (QED) is 0.831. The molecule has 2 aromatic rings. The van der Waals surface area contributed by atoms with Crippen LogP contribution in [0, 0.1) is 0 Å². The Hall–Kier alpha value is -3.13. The van der Waals surface area contributed by atoms with Gasteiger partial charge in [0.2, 0.25) is 0 Å². The number of hydrogen-bond donors (Lipinski definition) is 2. The predicted octanol–water partition coefficient (Wildman–Crippen LogP) is 2.36. The predicted molar refractivity (Wildman–Crippen MR) is 88.3 cm³/mol. The van der Waals surface area contributed by atoms with E-state index in [1.54, 1.807) is 30.3 Å². The van der Waals surface area contributed by atoms with Crippen molar-refractivity contribution >= 4 is 23.6 Å². The Bertz CT molecular complexity index is 783. The number of furan rings is 1. The number of urea groups is 1. The van der Waals surface area contributed by atoms with Crippen LogP contribution in [-0.4, -0.2) is 42.1 Å². The summed E-state index contributed by atoms with van der Waals surface area (Å²) in [5, 5.41) is 11.5. The number of methoxy groups -OCH3 is 1. The van der Waals surface area contributed by atoms with Gasteiger partial charge >= 0.3 is 12.0 Å². The number of carboxylic acids is 1. The first-order valence-electron chi connectivity index (χ1n) is 7.38. The number of nitrogens with one attached hydrogen (secondary N) is 1. The largest absolute Gasteiger partial charge is 0.481 e. The lowest BCUT2D eigenvalue weighted by molar-refractivity contribution is -0.136. The maximum absolute atomic E-state index is 12.3. The second kappa shape index (κ2) is 8.11. The molecule has 0 atom stereocenters. The summed E-state index contributed by atoms with van der Waals surface area (Å²) >= 11 is 0. The topological polar surface area (TPSA) is 109 Å². The van der Waals surface area contributed by atoms with E-state index in [4.69, 9.17) is 14.3 Å². The molecule has 0 bridgehead atoms. The van der Waals surface area contributed by atoms with Crippen molar-refractivity contribution in [2.45, 2.75) is 13.0 Å². The van der Waals surface area contributed by atoms with Gasteiger partial charge in [0.05, 0.1) is 6.42 Å². The lowest BCUT2D eigenvalue weighted by Gasteiger charge is -2.16. The highest BCUT2D eigenvalue weighted by Crippen LogP contribution is 2.17. The monoisotopic (exact) mass is 346 g/mol. The van der Waals surface area contributed by atoms with Crippen LogP contribution < -0.4 is 5.32 Å². The minimum Gasteiger partial charge on any atom is -0.481 e. The van der Waals surface area contributed by atoms with E-state index in [1.807, 2.05) is 0 Å². The number of anilines is 1. The average molecular weight is 346 g/mol. The Morgan fingerprint density at radius 1 is 1.20 bits per heavy atom. The van der Waals surface area contributed by atoms with Gasteiger partial charge in [0.25, 0.3) is 5.91 Å². The molecule has 0 aliphatic carbocycles. The van der Waals surface area contributed by atoms with Crippen molar-refractivity contribution in [3.05, 3.63) is 53.5 Å². The molecule has 0 radical (unpaired) electrons. The maximum Gasteiger partial charge on any atom is 0.328 e.